The van der Waals surface area contributed by atoms with Crippen LogP contribution in [0, 0.1) is 0 Å². The second-order valence-corrected chi connectivity index (χ2v) is 9.79. The van der Waals surface area contributed by atoms with E-state index in [9.17, 15) is 33.7 Å². The van der Waals surface area contributed by atoms with E-state index in [-0.39, 0.29) is 42.6 Å². The van der Waals surface area contributed by atoms with Crippen molar-refractivity contribution in [3.63, 3.8) is 0 Å². The van der Waals surface area contributed by atoms with Gasteiger partial charge in [0.2, 0.25) is 5.79 Å². The molecule has 35 heavy (non-hydrogen) atoms. The highest BCUT2D eigenvalue weighted by Crippen LogP contribution is 2.45. The molecule has 9 N–H and O–H groups in total. The summed E-state index contributed by atoms with van der Waals surface area (Å²) in [6.45, 7) is -0.214. The minimum absolute atomic E-state index is 0.0281. The van der Waals surface area contributed by atoms with Gasteiger partial charge in [-0.1, -0.05) is 12.1 Å². The van der Waals surface area contributed by atoms with Crippen LogP contribution in [0.1, 0.15) is 27.9 Å². The lowest BCUT2D eigenvalue weighted by Crippen LogP contribution is -2.85. The van der Waals surface area contributed by atoms with E-state index in [4.69, 9.17) is 5.73 Å². The lowest BCUT2D eigenvalue weighted by molar-refractivity contribution is -0.245. The fourth-order valence-electron chi connectivity index (χ4n) is 5.96. The highest BCUT2D eigenvalue weighted by Gasteiger charge is 2.75. The molecule has 1 aromatic rings. The second kappa shape index (κ2) is 7.07. The molecule has 0 saturated carbocycles. The minimum Gasteiger partial charge on any atom is -0.480 e. The Labute approximate surface area is 197 Å². The summed E-state index contributed by atoms with van der Waals surface area (Å²) in [5.41, 5.74) is 5.12. The molecule has 14 heteroatoms. The molecule has 1 spiro atoms. The number of carboxylic acids is 1. The number of rotatable bonds is 3. The van der Waals surface area contributed by atoms with Crippen molar-refractivity contribution in [3.05, 3.63) is 34.9 Å². The molecule has 6 atom stereocenters. The number of nitrogens with one attached hydrogen (secondary N) is 4. The smallest absolute Gasteiger partial charge is 0.330 e. The third-order valence-electron chi connectivity index (χ3n) is 7.74. The van der Waals surface area contributed by atoms with Crippen LogP contribution in [0.15, 0.2) is 23.2 Å². The summed E-state index contributed by atoms with van der Waals surface area (Å²) in [4.78, 5) is 30.6. The Morgan fingerprint density at radius 1 is 1.23 bits per heavy atom. The number of fused-ring (bicyclic) bond motifs is 2. The number of aryl methyl sites for hydroxylation is 1. The van der Waals surface area contributed by atoms with Gasteiger partial charge >= 0.3 is 5.97 Å². The number of carbonyl (C=O) groups excluding carboxylic acids is 1. The van der Waals surface area contributed by atoms with Gasteiger partial charge < -0.3 is 31.3 Å². The van der Waals surface area contributed by atoms with E-state index in [1.165, 1.54) is 11.0 Å². The zero-order valence-corrected chi connectivity index (χ0v) is 18.3. The van der Waals surface area contributed by atoms with Crippen molar-refractivity contribution < 1.29 is 33.7 Å². The zero-order valence-electron chi connectivity index (χ0n) is 18.3. The van der Waals surface area contributed by atoms with Crippen molar-refractivity contribution in [1.82, 2.24) is 26.2 Å². The molecule has 3 saturated heterocycles. The van der Waals surface area contributed by atoms with Crippen LogP contribution in [0.3, 0.4) is 0 Å². The number of piperazine rings is 1. The molecule has 6 rings (SSSR count). The molecular weight excluding hydrogens is 468 g/mol. The van der Waals surface area contributed by atoms with Crippen molar-refractivity contribution in [2.75, 3.05) is 6.54 Å². The maximum Gasteiger partial charge on any atom is 0.330 e. The van der Waals surface area contributed by atoms with Gasteiger partial charge in [0.15, 0.2) is 17.7 Å². The Morgan fingerprint density at radius 2 is 2.00 bits per heavy atom. The predicted molar refractivity (Wildman–Crippen MR) is 115 cm³/mol. The minimum atomic E-state index is -2.94. The monoisotopic (exact) mass is 493 g/mol. The fraction of sp³-hybridized carbons (Fsp3) is 0.571. The summed E-state index contributed by atoms with van der Waals surface area (Å²) in [7, 11) is 0. The van der Waals surface area contributed by atoms with Gasteiger partial charge in [-0.15, -0.1) is 0 Å². The van der Waals surface area contributed by atoms with Crippen LogP contribution in [0.5, 0.6) is 0 Å². The van der Waals surface area contributed by atoms with E-state index in [2.05, 4.69) is 26.3 Å². The largest absolute Gasteiger partial charge is 0.480 e. The van der Waals surface area contributed by atoms with E-state index in [0.717, 1.165) is 0 Å². The average Bonchev–Trinajstić information content (AvgIpc) is 3.50. The SMILES string of the molecule is NC1=N[C@@H](C(=O)O)C2NC3NC3NC23N1CC(NC(=O)c1cccc2c1CC(F)(F)CC2)C3(O)O. The Morgan fingerprint density at radius 3 is 2.74 bits per heavy atom. The third kappa shape index (κ3) is 3.10. The van der Waals surface area contributed by atoms with Crippen molar-refractivity contribution >= 4 is 17.8 Å². The van der Waals surface area contributed by atoms with Gasteiger partial charge in [-0.05, 0) is 23.6 Å². The topological polar surface area (TPSA) is 194 Å². The number of aliphatic carboxylic acids is 1. The number of halogens is 2. The first-order valence-electron chi connectivity index (χ1n) is 11.3. The Hall–Kier alpha value is -2.91. The van der Waals surface area contributed by atoms with Crippen LogP contribution in [0.4, 0.5) is 8.78 Å². The molecule has 5 unspecified atom stereocenters. The maximum absolute atomic E-state index is 14.1. The van der Waals surface area contributed by atoms with E-state index in [0.29, 0.717) is 5.56 Å². The summed E-state index contributed by atoms with van der Waals surface area (Å²) in [5.74, 6) is -7.96. The standard InChI is InChI=1S/C21H25F2N7O5/c22-19(23)5-4-8-2-1-3-9(10(8)6-19)16(31)25-11-7-30-18(24)26-12(17(32)33)13-20(30,21(11,34)35)29-15-14(27-13)28-15/h1-3,11-15,27-29,34-35H,4-7H2,(H2,24,26)(H,25,31)(H,32,33)/t11?,12-,13?,14?,15?,20?/m1/s1. The summed E-state index contributed by atoms with van der Waals surface area (Å²) in [6.07, 6.45) is -1.46. The number of nitrogens with zero attached hydrogens (tertiary/aromatic N) is 2. The summed E-state index contributed by atoms with van der Waals surface area (Å²) < 4.78 is 28.2. The van der Waals surface area contributed by atoms with Crippen LogP contribution in [0.25, 0.3) is 0 Å². The lowest BCUT2D eigenvalue weighted by Gasteiger charge is -2.54. The number of carboxylic acid groups (broad SMARTS) is 1. The van der Waals surface area contributed by atoms with E-state index < -0.39 is 60.0 Å². The van der Waals surface area contributed by atoms with Crippen LogP contribution >= 0.6 is 0 Å². The molecule has 0 aromatic heterocycles. The summed E-state index contributed by atoms with van der Waals surface area (Å²) in [6, 6.07) is 0.807. The number of hydrogen-bond acceptors (Lipinski definition) is 10. The van der Waals surface area contributed by atoms with E-state index >= 15 is 0 Å². The van der Waals surface area contributed by atoms with Crippen LogP contribution in [-0.4, -0.2) is 92.4 Å². The Kier molecular flexibility index (Phi) is 4.56. The quantitative estimate of drug-likeness (QED) is 0.161. The molecule has 1 amide bonds. The molecule has 12 nitrogen and oxygen atoms in total. The van der Waals surface area contributed by atoms with Gasteiger partial charge in [0, 0.05) is 24.9 Å². The van der Waals surface area contributed by atoms with E-state index in [1.807, 2.05) is 0 Å². The zero-order chi connectivity index (χ0) is 24.9. The summed E-state index contributed by atoms with van der Waals surface area (Å²) in [5, 5.41) is 44.3. The first kappa shape index (κ1) is 22.5. The molecule has 188 valence electrons. The van der Waals surface area contributed by atoms with Gasteiger partial charge in [-0.3, -0.25) is 20.7 Å². The second-order valence-electron chi connectivity index (χ2n) is 9.79. The van der Waals surface area contributed by atoms with Gasteiger partial charge in [-0.25, -0.2) is 18.6 Å². The maximum atomic E-state index is 14.1. The highest BCUT2D eigenvalue weighted by molar-refractivity contribution is 5.96. The number of aliphatic imine (C=N–C) groups is 1. The Bertz CT molecular complexity index is 1160. The molecule has 4 heterocycles. The number of guanidine groups is 1. The molecular formula is C21H25F2N7O5. The van der Waals surface area contributed by atoms with Crippen LogP contribution < -0.4 is 27.0 Å². The normalized spacial score (nSPS) is 37.8. The third-order valence-corrected chi connectivity index (χ3v) is 7.74. The molecule has 5 aliphatic rings. The molecule has 0 bridgehead atoms. The molecule has 3 fully saturated rings. The average molecular weight is 493 g/mol. The van der Waals surface area contributed by atoms with Crippen molar-refractivity contribution in [2.24, 2.45) is 10.7 Å². The lowest BCUT2D eigenvalue weighted by atomic mass is 9.82. The molecule has 0 radical (unpaired) electrons. The number of amides is 1. The molecule has 1 aliphatic carbocycles. The number of aliphatic hydroxyl groups is 2. The van der Waals surface area contributed by atoms with Gasteiger partial charge in [0.25, 0.3) is 11.8 Å². The fourth-order valence-corrected chi connectivity index (χ4v) is 5.96. The van der Waals surface area contributed by atoms with Gasteiger partial charge in [0.1, 0.15) is 6.04 Å². The van der Waals surface area contributed by atoms with Gasteiger partial charge in [-0.2, -0.15) is 0 Å². The number of carbonyl (C=O) groups is 2. The summed E-state index contributed by atoms with van der Waals surface area (Å²) >= 11 is 0. The van der Waals surface area contributed by atoms with Crippen molar-refractivity contribution in [3.8, 4) is 0 Å². The van der Waals surface area contributed by atoms with Crippen molar-refractivity contribution in [2.45, 2.75) is 67.1 Å². The number of alkyl halides is 2. The van der Waals surface area contributed by atoms with Crippen molar-refractivity contribution in [1.29, 1.82) is 0 Å². The number of hydrogen-bond donors (Lipinski definition) is 8. The molecule has 4 aliphatic heterocycles. The first-order chi connectivity index (χ1) is 16.4. The van der Waals surface area contributed by atoms with Crippen LogP contribution in [0.2, 0.25) is 0 Å². The Balaban J connectivity index is 1.35. The van der Waals surface area contributed by atoms with Crippen LogP contribution in [-0.2, 0) is 17.6 Å². The highest BCUT2D eigenvalue weighted by atomic mass is 19.3. The first-order valence-corrected chi connectivity index (χ1v) is 11.3. The number of benzene rings is 1. The molecule has 1 aromatic carbocycles. The predicted octanol–water partition coefficient (Wildman–Crippen LogP) is -2.80. The number of nitrogens with two attached hydrogens (primary N) is 1. The van der Waals surface area contributed by atoms with Gasteiger partial charge in [0.05, 0.1) is 18.4 Å². The van der Waals surface area contributed by atoms with E-state index in [1.54, 1.807) is 12.1 Å².